The van der Waals surface area contributed by atoms with Gasteiger partial charge in [-0.25, -0.2) is 13.8 Å². The van der Waals surface area contributed by atoms with Gasteiger partial charge >= 0.3 is 0 Å². The molecule has 0 spiro atoms. The molecule has 3 aromatic rings. The Kier molecular flexibility index (Phi) is 5.07. The summed E-state index contributed by atoms with van der Waals surface area (Å²) >= 11 is 0. The lowest BCUT2D eigenvalue weighted by Crippen LogP contribution is -2.28. The number of imidazole rings is 1. The van der Waals surface area contributed by atoms with Crippen LogP contribution < -0.4 is 5.32 Å². The van der Waals surface area contributed by atoms with Crippen LogP contribution in [-0.4, -0.2) is 22.4 Å². The normalized spacial score (nSPS) is 12.5. The molecule has 0 radical (unpaired) electrons. The summed E-state index contributed by atoms with van der Waals surface area (Å²) in [5.74, 6) is -0.390. The van der Waals surface area contributed by atoms with Crippen molar-refractivity contribution < 1.29 is 13.6 Å². The molecule has 1 unspecified atom stereocenters. The maximum Gasteiger partial charge on any atom is 0.295 e. The molecule has 0 bridgehead atoms. The van der Waals surface area contributed by atoms with Gasteiger partial charge in [0, 0.05) is 18.0 Å². The summed E-state index contributed by atoms with van der Waals surface area (Å²) in [6.45, 7) is 2.59. The number of amides is 1. The second-order valence-electron chi connectivity index (χ2n) is 5.88. The maximum absolute atomic E-state index is 12.7. The highest BCUT2D eigenvalue weighted by Gasteiger charge is 2.15. The number of rotatable bonds is 6. The van der Waals surface area contributed by atoms with Crippen molar-refractivity contribution in [1.82, 2.24) is 15.3 Å². The summed E-state index contributed by atoms with van der Waals surface area (Å²) in [5.41, 5.74) is 2.44. The zero-order valence-electron chi connectivity index (χ0n) is 13.8. The molecule has 0 aliphatic carbocycles. The molecular weight excluding hydrogens is 324 g/mol. The number of carbonyl (C=O) groups is 1. The molecule has 1 heterocycles. The van der Waals surface area contributed by atoms with Gasteiger partial charge < -0.3 is 10.3 Å². The van der Waals surface area contributed by atoms with Gasteiger partial charge in [0.1, 0.15) is 0 Å². The maximum atomic E-state index is 12.7. The minimum absolute atomic E-state index is 0.228. The van der Waals surface area contributed by atoms with Crippen molar-refractivity contribution in [3.63, 3.8) is 0 Å². The number of carbonyl (C=O) groups excluding carboxylic acids is 1. The average molecular weight is 343 g/mol. The second-order valence-corrected chi connectivity index (χ2v) is 5.88. The van der Waals surface area contributed by atoms with E-state index in [4.69, 9.17) is 0 Å². The SMILES string of the molecule is CCC(CNC(=O)c1ccc2nc(C(F)F)[nH]c2c1)c1ccccc1. The quantitative estimate of drug-likeness (QED) is 0.696. The van der Waals surface area contributed by atoms with Gasteiger partial charge in [0.2, 0.25) is 0 Å². The van der Waals surface area contributed by atoms with Gasteiger partial charge in [-0.05, 0) is 30.2 Å². The number of hydrogen-bond donors (Lipinski definition) is 2. The summed E-state index contributed by atoms with van der Waals surface area (Å²) in [6.07, 6.45) is -1.76. The number of hydrogen-bond acceptors (Lipinski definition) is 2. The van der Waals surface area contributed by atoms with Crippen molar-refractivity contribution in [3.8, 4) is 0 Å². The van der Waals surface area contributed by atoms with Gasteiger partial charge in [-0.2, -0.15) is 0 Å². The van der Waals surface area contributed by atoms with E-state index in [1.807, 2.05) is 30.3 Å². The monoisotopic (exact) mass is 343 g/mol. The minimum atomic E-state index is -2.67. The fraction of sp³-hybridized carbons (Fsp3) is 0.263. The van der Waals surface area contributed by atoms with Crippen LogP contribution in [0, 0.1) is 0 Å². The van der Waals surface area contributed by atoms with E-state index >= 15 is 0 Å². The van der Waals surface area contributed by atoms with Crippen molar-refractivity contribution in [2.45, 2.75) is 25.7 Å². The third-order valence-electron chi connectivity index (χ3n) is 4.24. The standard InChI is InChI=1S/C19H19F2N3O/c1-2-12(13-6-4-3-5-7-13)11-22-19(25)14-8-9-15-16(10-14)24-18(23-15)17(20)21/h3-10,12,17H,2,11H2,1H3,(H,22,25)(H,23,24). The number of H-pyrrole nitrogens is 1. The van der Waals surface area contributed by atoms with Crippen molar-refractivity contribution in [2.24, 2.45) is 0 Å². The van der Waals surface area contributed by atoms with Crippen molar-refractivity contribution in [3.05, 3.63) is 65.5 Å². The van der Waals surface area contributed by atoms with Crippen molar-refractivity contribution in [1.29, 1.82) is 0 Å². The first-order chi connectivity index (χ1) is 12.1. The molecular formula is C19H19F2N3O. The zero-order chi connectivity index (χ0) is 17.8. The van der Waals surface area contributed by atoms with E-state index in [1.165, 1.54) is 5.56 Å². The molecule has 2 aromatic carbocycles. The molecule has 130 valence electrons. The van der Waals surface area contributed by atoms with Crippen LogP contribution in [0.25, 0.3) is 11.0 Å². The number of nitrogens with one attached hydrogen (secondary N) is 2. The highest BCUT2D eigenvalue weighted by molar-refractivity contribution is 5.97. The van der Waals surface area contributed by atoms with Crippen molar-refractivity contribution >= 4 is 16.9 Å². The molecule has 4 nitrogen and oxygen atoms in total. The number of nitrogens with zero attached hydrogens (tertiary/aromatic N) is 1. The first kappa shape index (κ1) is 17.1. The lowest BCUT2D eigenvalue weighted by Gasteiger charge is -2.16. The van der Waals surface area contributed by atoms with Gasteiger partial charge in [0.25, 0.3) is 12.3 Å². The molecule has 2 N–H and O–H groups in total. The highest BCUT2D eigenvalue weighted by atomic mass is 19.3. The molecule has 1 aromatic heterocycles. The van der Waals surface area contributed by atoms with Crippen LogP contribution in [0.2, 0.25) is 0 Å². The Hall–Kier alpha value is -2.76. The summed E-state index contributed by atoms with van der Waals surface area (Å²) in [4.78, 5) is 18.7. The number of halogens is 2. The Morgan fingerprint density at radius 2 is 1.96 bits per heavy atom. The van der Waals surface area contributed by atoms with E-state index in [1.54, 1.807) is 18.2 Å². The number of benzene rings is 2. The fourth-order valence-corrected chi connectivity index (χ4v) is 2.81. The average Bonchev–Trinajstić information content (AvgIpc) is 3.06. The summed E-state index contributed by atoms with van der Waals surface area (Å²) in [5, 5.41) is 2.92. The van der Waals surface area contributed by atoms with Crippen LogP contribution in [0.5, 0.6) is 0 Å². The number of fused-ring (bicyclic) bond motifs is 1. The summed E-state index contributed by atoms with van der Waals surface area (Å²) < 4.78 is 25.4. The molecule has 0 aliphatic rings. The Morgan fingerprint density at radius 3 is 2.64 bits per heavy atom. The van der Waals surface area contributed by atoms with E-state index < -0.39 is 6.43 Å². The smallest absolute Gasteiger partial charge is 0.295 e. The minimum Gasteiger partial charge on any atom is -0.351 e. The number of aromatic amines is 1. The second kappa shape index (κ2) is 7.42. The van der Waals surface area contributed by atoms with Crippen molar-refractivity contribution in [2.75, 3.05) is 6.54 Å². The Labute approximate surface area is 144 Å². The van der Waals surface area contributed by atoms with Crippen LogP contribution in [-0.2, 0) is 0 Å². The first-order valence-corrected chi connectivity index (χ1v) is 8.19. The number of alkyl halides is 2. The van der Waals surface area contributed by atoms with Gasteiger partial charge in [-0.3, -0.25) is 4.79 Å². The largest absolute Gasteiger partial charge is 0.351 e. The van der Waals surface area contributed by atoms with E-state index in [0.29, 0.717) is 23.1 Å². The molecule has 0 saturated heterocycles. The summed E-state index contributed by atoms with van der Waals surface area (Å²) in [6, 6.07) is 14.7. The lowest BCUT2D eigenvalue weighted by molar-refractivity contribution is 0.0951. The van der Waals surface area contributed by atoms with E-state index in [0.717, 1.165) is 6.42 Å². The fourth-order valence-electron chi connectivity index (χ4n) is 2.81. The molecule has 0 saturated carbocycles. The summed E-state index contributed by atoms with van der Waals surface area (Å²) in [7, 11) is 0. The third kappa shape index (κ3) is 3.84. The van der Waals surface area contributed by atoms with Crippen LogP contribution >= 0.6 is 0 Å². The molecule has 1 atom stereocenters. The number of aromatic nitrogens is 2. The molecule has 3 rings (SSSR count). The Bertz CT molecular complexity index is 861. The van der Waals surface area contributed by atoms with Crippen LogP contribution in [0.4, 0.5) is 8.78 Å². The van der Waals surface area contributed by atoms with Crippen LogP contribution in [0.15, 0.2) is 48.5 Å². The van der Waals surface area contributed by atoms with E-state index in [2.05, 4.69) is 22.2 Å². The molecule has 25 heavy (non-hydrogen) atoms. The predicted octanol–water partition coefficient (Wildman–Crippen LogP) is 4.42. The van der Waals surface area contributed by atoms with Crippen LogP contribution in [0.3, 0.4) is 0 Å². The molecule has 6 heteroatoms. The van der Waals surface area contributed by atoms with Gasteiger partial charge in [-0.1, -0.05) is 37.3 Å². The molecule has 0 fully saturated rings. The first-order valence-electron chi connectivity index (χ1n) is 8.19. The van der Waals surface area contributed by atoms with Gasteiger partial charge in [-0.15, -0.1) is 0 Å². The highest BCUT2D eigenvalue weighted by Crippen LogP contribution is 2.21. The topological polar surface area (TPSA) is 57.8 Å². The van der Waals surface area contributed by atoms with Gasteiger partial charge in [0.05, 0.1) is 11.0 Å². The van der Waals surface area contributed by atoms with E-state index in [-0.39, 0.29) is 17.6 Å². The molecule has 0 aliphatic heterocycles. The molecule has 1 amide bonds. The lowest BCUT2D eigenvalue weighted by atomic mass is 9.96. The van der Waals surface area contributed by atoms with Gasteiger partial charge in [0.15, 0.2) is 5.82 Å². The zero-order valence-corrected chi connectivity index (χ0v) is 13.8. The van der Waals surface area contributed by atoms with E-state index in [9.17, 15) is 13.6 Å². The van der Waals surface area contributed by atoms with Crippen LogP contribution in [0.1, 0.15) is 47.4 Å². The Morgan fingerprint density at radius 1 is 1.20 bits per heavy atom. The Balaban J connectivity index is 1.71. The predicted molar refractivity (Wildman–Crippen MR) is 92.9 cm³/mol. The third-order valence-corrected chi connectivity index (χ3v) is 4.24.